The summed E-state index contributed by atoms with van der Waals surface area (Å²) in [5, 5.41) is 2.03. The molecule has 0 aliphatic rings. The molecule has 5 heteroatoms. The molecular weight excluding hydrogens is 347 g/mol. The van der Waals surface area contributed by atoms with Crippen molar-refractivity contribution in [1.82, 2.24) is 0 Å². The molecule has 0 heterocycles. The second kappa shape index (κ2) is 7.03. The van der Waals surface area contributed by atoms with Crippen LogP contribution in [0.4, 0.5) is 4.39 Å². The second-order valence-electron chi connectivity index (χ2n) is 8.88. The predicted octanol–water partition coefficient (Wildman–Crippen LogP) is 6.13. The highest BCUT2D eigenvalue weighted by Crippen LogP contribution is 2.37. The first kappa shape index (κ1) is 20.4. The van der Waals surface area contributed by atoms with Crippen LogP contribution in [0.1, 0.15) is 45.0 Å². The lowest BCUT2D eigenvalue weighted by Gasteiger charge is -2.36. The molecule has 0 spiro atoms. The van der Waals surface area contributed by atoms with Crippen molar-refractivity contribution in [2.24, 2.45) is 0 Å². The van der Waals surface area contributed by atoms with Crippen molar-refractivity contribution in [3.63, 3.8) is 0 Å². The van der Waals surface area contributed by atoms with Crippen molar-refractivity contribution >= 4 is 25.1 Å². The SMILES string of the molecule is CC(C)(F)COC(=O)c1ccc2cc(O[Si](C)(C)C(C)(C)C)ccc2c1. The second-order valence-corrected chi connectivity index (χ2v) is 13.6. The Kier molecular flexibility index (Phi) is 5.52. The number of halogens is 1. The summed E-state index contributed by atoms with van der Waals surface area (Å²) in [7, 11) is -1.90. The van der Waals surface area contributed by atoms with Crippen LogP contribution in [-0.4, -0.2) is 26.6 Å². The zero-order chi connectivity index (χ0) is 19.8. The van der Waals surface area contributed by atoms with Crippen LogP contribution in [-0.2, 0) is 4.74 Å². The summed E-state index contributed by atoms with van der Waals surface area (Å²) < 4.78 is 24.9. The lowest BCUT2D eigenvalue weighted by atomic mass is 10.1. The van der Waals surface area contributed by atoms with Crippen LogP contribution in [0.5, 0.6) is 5.75 Å². The fourth-order valence-electron chi connectivity index (χ4n) is 2.18. The van der Waals surface area contributed by atoms with E-state index < -0.39 is 20.0 Å². The summed E-state index contributed by atoms with van der Waals surface area (Å²) in [6, 6.07) is 11.2. The summed E-state index contributed by atoms with van der Waals surface area (Å²) in [6.45, 7) is 13.5. The first-order valence-corrected chi connectivity index (χ1v) is 11.8. The van der Waals surface area contributed by atoms with E-state index in [9.17, 15) is 9.18 Å². The van der Waals surface area contributed by atoms with E-state index >= 15 is 0 Å². The van der Waals surface area contributed by atoms with Gasteiger partial charge in [-0.25, -0.2) is 9.18 Å². The van der Waals surface area contributed by atoms with E-state index in [2.05, 4.69) is 33.9 Å². The van der Waals surface area contributed by atoms with E-state index in [0.29, 0.717) is 5.56 Å². The Morgan fingerprint density at radius 1 is 1.00 bits per heavy atom. The lowest BCUT2D eigenvalue weighted by molar-refractivity contribution is 0.0252. The van der Waals surface area contributed by atoms with Crippen molar-refractivity contribution in [2.45, 2.75) is 58.4 Å². The van der Waals surface area contributed by atoms with Gasteiger partial charge < -0.3 is 9.16 Å². The molecule has 3 nitrogen and oxygen atoms in total. The number of ether oxygens (including phenoxy) is 1. The van der Waals surface area contributed by atoms with Crippen LogP contribution in [0, 0.1) is 0 Å². The fourth-order valence-corrected chi connectivity index (χ4v) is 3.20. The van der Waals surface area contributed by atoms with Gasteiger partial charge in [0.2, 0.25) is 8.32 Å². The summed E-state index contributed by atoms with van der Waals surface area (Å²) in [4.78, 5) is 12.1. The normalized spacial score (nSPS) is 12.9. The minimum Gasteiger partial charge on any atom is -0.543 e. The van der Waals surface area contributed by atoms with Gasteiger partial charge in [-0.15, -0.1) is 0 Å². The number of carbonyl (C=O) groups excluding carboxylic acids is 1. The maximum atomic E-state index is 13.5. The van der Waals surface area contributed by atoms with Gasteiger partial charge in [-0.3, -0.25) is 0 Å². The lowest BCUT2D eigenvalue weighted by Crippen LogP contribution is -2.43. The van der Waals surface area contributed by atoms with Gasteiger partial charge in [0.15, 0.2) is 0 Å². The van der Waals surface area contributed by atoms with Gasteiger partial charge in [0.1, 0.15) is 18.0 Å². The molecule has 2 rings (SSSR count). The number of alkyl halides is 1. The number of benzene rings is 2. The topological polar surface area (TPSA) is 35.5 Å². The summed E-state index contributed by atoms with van der Waals surface area (Å²) >= 11 is 0. The van der Waals surface area contributed by atoms with Crippen molar-refractivity contribution in [2.75, 3.05) is 6.61 Å². The smallest absolute Gasteiger partial charge is 0.338 e. The maximum Gasteiger partial charge on any atom is 0.338 e. The molecule has 0 bridgehead atoms. The number of hydrogen-bond acceptors (Lipinski definition) is 3. The molecule has 0 amide bonds. The number of rotatable bonds is 5. The van der Waals surface area contributed by atoms with Gasteiger partial charge in [0.25, 0.3) is 0 Å². The minimum absolute atomic E-state index is 0.125. The van der Waals surface area contributed by atoms with E-state index in [0.717, 1.165) is 16.5 Å². The zero-order valence-electron chi connectivity index (χ0n) is 16.8. The Labute approximate surface area is 156 Å². The third kappa shape index (κ3) is 5.07. The average Bonchev–Trinajstić information content (AvgIpc) is 2.50. The molecule has 2 aromatic carbocycles. The van der Waals surface area contributed by atoms with Crippen LogP contribution >= 0.6 is 0 Å². The molecule has 142 valence electrons. The van der Waals surface area contributed by atoms with E-state index in [1.807, 2.05) is 24.3 Å². The van der Waals surface area contributed by atoms with Gasteiger partial charge in [0, 0.05) is 0 Å². The number of fused-ring (bicyclic) bond motifs is 1. The summed E-state index contributed by atoms with van der Waals surface area (Å²) in [5.74, 6) is 0.331. The Morgan fingerprint density at radius 2 is 1.58 bits per heavy atom. The van der Waals surface area contributed by atoms with Crippen LogP contribution < -0.4 is 4.43 Å². The first-order chi connectivity index (χ1) is 11.8. The largest absolute Gasteiger partial charge is 0.543 e. The molecule has 0 saturated heterocycles. The Bertz CT molecular complexity index is 801. The third-order valence-corrected chi connectivity index (χ3v) is 9.13. The minimum atomic E-state index is -1.90. The maximum absolute atomic E-state index is 13.5. The van der Waals surface area contributed by atoms with Gasteiger partial charge in [0.05, 0.1) is 5.56 Å². The van der Waals surface area contributed by atoms with Crippen LogP contribution in [0.3, 0.4) is 0 Å². The monoisotopic (exact) mass is 376 g/mol. The standard InChI is InChI=1S/C21H29FO3Si/c1-20(2,3)26(6,7)25-18-11-10-15-12-17(9-8-16(15)13-18)19(23)24-14-21(4,5)22/h8-13H,14H2,1-7H3. The quantitative estimate of drug-likeness (QED) is 0.465. The van der Waals surface area contributed by atoms with Crippen LogP contribution in [0.25, 0.3) is 10.8 Å². The van der Waals surface area contributed by atoms with Gasteiger partial charge >= 0.3 is 5.97 Å². The molecule has 0 N–H and O–H groups in total. The van der Waals surface area contributed by atoms with Gasteiger partial charge in [-0.2, -0.15) is 0 Å². The molecule has 0 fully saturated rings. The van der Waals surface area contributed by atoms with Crippen molar-refractivity contribution in [3.05, 3.63) is 42.0 Å². The first-order valence-electron chi connectivity index (χ1n) is 8.87. The van der Waals surface area contributed by atoms with Crippen LogP contribution in [0.15, 0.2) is 36.4 Å². The number of esters is 1. The van der Waals surface area contributed by atoms with E-state index in [1.165, 1.54) is 13.8 Å². The summed E-state index contributed by atoms with van der Waals surface area (Å²) in [5.41, 5.74) is -1.12. The molecule has 0 radical (unpaired) electrons. The highest BCUT2D eigenvalue weighted by molar-refractivity contribution is 6.74. The van der Waals surface area contributed by atoms with Crippen molar-refractivity contribution in [1.29, 1.82) is 0 Å². The average molecular weight is 377 g/mol. The molecule has 0 saturated carbocycles. The Hall–Kier alpha value is -1.88. The van der Waals surface area contributed by atoms with Gasteiger partial charge in [-0.05, 0) is 67.0 Å². The Balaban J connectivity index is 2.21. The zero-order valence-corrected chi connectivity index (χ0v) is 17.8. The third-order valence-electron chi connectivity index (χ3n) is 4.77. The molecule has 0 unspecified atom stereocenters. The van der Waals surface area contributed by atoms with E-state index in [1.54, 1.807) is 12.1 Å². The highest BCUT2D eigenvalue weighted by atomic mass is 28.4. The molecule has 0 aliphatic carbocycles. The molecule has 0 aromatic heterocycles. The van der Waals surface area contributed by atoms with E-state index in [4.69, 9.17) is 9.16 Å². The predicted molar refractivity (Wildman–Crippen MR) is 107 cm³/mol. The molecule has 2 aromatic rings. The van der Waals surface area contributed by atoms with Crippen LogP contribution in [0.2, 0.25) is 18.1 Å². The molecule has 0 aliphatic heterocycles. The molecule has 0 atom stereocenters. The number of hydrogen-bond donors (Lipinski definition) is 0. The van der Waals surface area contributed by atoms with Crippen molar-refractivity contribution < 1.29 is 18.3 Å². The van der Waals surface area contributed by atoms with Gasteiger partial charge in [-0.1, -0.05) is 32.9 Å². The Morgan fingerprint density at radius 3 is 2.15 bits per heavy atom. The fraction of sp³-hybridized carbons (Fsp3) is 0.476. The van der Waals surface area contributed by atoms with E-state index in [-0.39, 0.29) is 11.6 Å². The highest BCUT2D eigenvalue weighted by Gasteiger charge is 2.38. The van der Waals surface area contributed by atoms with Crippen molar-refractivity contribution in [3.8, 4) is 5.75 Å². The number of carbonyl (C=O) groups is 1. The summed E-state index contributed by atoms with van der Waals surface area (Å²) in [6.07, 6.45) is 0. The molecule has 26 heavy (non-hydrogen) atoms. The molecular formula is C21H29FO3Si.